The lowest BCUT2D eigenvalue weighted by molar-refractivity contribution is -0.123. The van der Waals surface area contributed by atoms with Gasteiger partial charge in [0.1, 0.15) is 17.6 Å². The second-order valence-electron chi connectivity index (χ2n) is 10.7. The molecule has 2 heterocycles. The van der Waals surface area contributed by atoms with Crippen LogP contribution in [-0.2, 0) is 16.0 Å². The second kappa shape index (κ2) is 15.6. The van der Waals surface area contributed by atoms with Gasteiger partial charge in [-0.15, -0.1) is 11.3 Å². The molecule has 1 atom stereocenters. The number of nitrogens with zero attached hydrogens (tertiary/aromatic N) is 2. The van der Waals surface area contributed by atoms with Gasteiger partial charge >= 0.3 is 0 Å². The van der Waals surface area contributed by atoms with Gasteiger partial charge in [-0.25, -0.2) is 4.98 Å². The van der Waals surface area contributed by atoms with E-state index < -0.39 is 6.04 Å². The van der Waals surface area contributed by atoms with E-state index in [1.807, 2.05) is 58.0 Å². The maximum atomic E-state index is 13.5. The minimum atomic E-state index is -0.658. The number of carbonyl (C=O) groups is 2. The quantitative estimate of drug-likeness (QED) is 0.148. The van der Waals surface area contributed by atoms with E-state index in [1.165, 1.54) is 4.88 Å². The number of rotatable bonds is 15. The van der Waals surface area contributed by atoms with Crippen LogP contribution in [0.1, 0.15) is 94.3 Å². The van der Waals surface area contributed by atoms with Gasteiger partial charge in [-0.2, -0.15) is 0 Å². The van der Waals surface area contributed by atoms with E-state index in [-0.39, 0.29) is 17.7 Å². The zero-order valence-electron chi connectivity index (χ0n) is 25.6. The highest BCUT2D eigenvalue weighted by Gasteiger charge is 2.24. The van der Waals surface area contributed by atoms with Crippen LogP contribution >= 0.6 is 11.3 Å². The predicted octanol–water partition coefficient (Wildman–Crippen LogP) is 7.20. The minimum Gasteiger partial charge on any atom is -0.501 e. The lowest BCUT2D eigenvalue weighted by Crippen LogP contribution is -2.47. The lowest BCUT2D eigenvalue weighted by Gasteiger charge is -2.21. The van der Waals surface area contributed by atoms with Crippen molar-refractivity contribution in [2.45, 2.75) is 85.7 Å². The zero-order valence-corrected chi connectivity index (χ0v) is 26.4. The van der Waals surface area contributed by atoms with Gasteiger partial charge in [0, 0.05) is 41.4 Å². The number of methoxy groups -OCH3 is 1. The highest BCUT2D eigenvalue weighted by molar-refractivity contribution is 7.09. The van der Waals surface area contributed by atoms with Crippen molar-refractivity contribution in [3.8, 4) is 0 Å². The summed E-state index contributed by atoms with van der Waals surface area (Å²) in [4.78, 5) is 33.0. The number of amides is 2. The van der Waals surface area contributed by atoms with E-state index in [9.17, 15) is 9.59 Å². The van der Waals surface area contributed by atoms with Crippen LogP contribution < -0.4 is 10.6 Å². The number of fused-ring (bicyclic) bond motifs is 1. The molecule has 8 heteroatoms. The summed E-state index contributed by atoms with van der Waals surface area (Å²) in [7, 11) is 1.64. The highest BCUT2D eigenvalue weighted by atomic mass is 32.1. The summed E-state index contributed by atoms with van der Waals surface area (Å²) in [6.45, 7) is 12.8. The molecule has 2 amide bonds. The summed E-state index contributed by atoms with van der Waals surface area (Å²) in [5, 5.41) is 8.09. The maximum Gasteiger partial charge on any atom is 0.252 e. The van der Waals surface area contributed by atoms with E-state index >= 15 is 0 Å². The van der Waals surface area contributed by atoms with Crippen LogP contribution in [0, 0.1) is 5.92 Å². The third-order valence-electron chi connectivity index (χ3n) is 7.32. The molecule has 2 aromatic heterocycles. The van der Waals surface area contributed by atoms with Crippen molar-refractivity contribution in [1.82, 2.24) is 20.2 Å². The second-order valence-corrected chi connectivity index (χ2v) is 11.7. The fourth-order valence-corrected chi connectivity index (χ4v) is 5.95. The molecule has 0 saturated heterocycles. The molecule has 0 aliphatic heterocycles. The third kappa shape index (κ3) is 8.32. The Hall–Kier alpha value is -3.39. The molecule has 0 fully saturated rings. The fourth-order valence-electron chi connectivity index (χ4n) is 5.25. The number of carbonyl (C=O) groups excluding carboxylic acids is 2. The van der Waals surface area contributed by atoms with Crippen LogP contribution in [0.15, 0.2) is 59.2 Å². The normalized spacial score (nSPS) is 13.2. The Bertz CT molecular complexity index is 1340. The summed E-state index contributed by atoms with van der Waals surface area (Å²) >= 11 is 1.73. The van der Waals surface area contributed by atoms with Crippen LogP contribution in [0.3, 0.4) is 0 Å². The first-order chi connectivity index (χ1) is 19.8. The van der Waals surface area contributed by atoms with Gasteiger partial charge in [-0.3, -0.25) is 9.59 Å². The molecule has 0 aliphatic rings. The van der Waals surface area contributed by atoms with Crippen molar-refractivity contribution in [1.29, 1.82) is 0 Å². The number of hydrogen-bond donors (Lipinski definition) is 2. The Labute approximate surface area is 249 Å². The van der Waals surface area contributed by atoms with Crippen molar-refractivity contribution in [2.24, 2.45) is 5.92 Å². The average Bonchev–Trinajstić information content (AvgIpc) is 3.60. The first-order valence-corrected chi connectivity index (χ1v) is 15.6. The van der Waals surface area contributed by atoms with Crippen molar-refractivity contribution < 1.29 is 14.3 Å². The molecule has 0 unspecified atom stereocenters. The summed E-state index contributed by atoms with van der Waals surface area (Å²) in [5.74, 6) is 1.57. The fraction of sp³-hybridized carbons (Fsp3) is 0.485. The van der Waals surface area contributed by atoms with Gasteiger partial charge in [0.25, 0.3) is 5.91 Å². The number of benzene rings is 1. The number of imidazole rings is 1. The van der Waals surface area contributed by atoms with Crippen LogP contribution in [0.25, 0.3) is 11.0 Å². The van der Waals surface area contributed by atoms with Gasteiger partial charge in [-0.1, -0.05) is 52.8 Å². The summed E-state index contributed by atoms with van der Waals surface area (Å²) in [5.41, 5.74) is 3.25. The zero-order chi connectivity index (χ0) is 29.9. The molecular formula is C33H46N4O3S. The third-order valence-corrected chi connectivity index (χ3v) is 8.20. The number of thiophene rings is 1. The Morgan fingerprint density at radius 2 is 1.90 bits per heavy atom. The van der Waals surface area contributed by atoms with Crippen molar-refractivity contribution in [3.63, 3.8) is 0 Å². The van der Waals surface area contributed by atoms with Gasteiger partial charge in [0.15, 0.2) is 0 Å². The standard InChI is InChI=1S/C33H46N4O3S/c1-8-13-24(30(11-4)40-7)21-34-33(39)28(18-22(5)6)36-32(38)23-15-16-29-27(19-23)35-31(20-26-14-12-17-41-26)37(29)25(9-2)10-3/h8,12-17,19,22,25,28H,9-11,18,20-21H2,1-7H3,(H,34,39)(H,36,38)/b13-8-,30-24-/t28-/m0/s1. The predicted molar refractivity (Wildman–Crippen MR) is 169 cm³/mol. The summed E-state index contributed by atoms with van der Waals surface area (Å²) in [6.07, 6.45) is 7.89. The summed E-state index contributed by atoms with van der Waals surface area (Å²) in [6, 6.07) is 9.57. The molecule has 7 nitrogen and oxygen atoms in total. The van der Waals surface area contributed by atoms with Crippen molar-refractivity contribution in [3.05, 3.63) is 75.5 Å². The Balaban J connectivity index is 1.86. The number of ether oxygens (including phenoxy) is 1. The minimum absolute atomic E-state index is 0.210. The molecular weight excluding hydrogens is 532 g/mol. The number of allylic oxidation sites excluding steroid dienone is 2. The first-order valence-electron chi connectivity index (χ1n) is 14.8. The van der Waals surface area contributed by atoms with Crippen LogP contribution in [0.4, 0.5) is 0 Å². The van der Waals surface area contributed by atoms with E-state index in [2.05, 4.69) is 46.6 Å². The topological polar surface area (TPSA) is 85.3 Å². The van der Waals surface area contributed by atoms with Gasteiger partial charge in [0.2, 0.25) is 5.91 Å². The Morgan fingerprint density at radius 3 is 2.49 bits per heavy atom. The van der Waals surface area contributed by atoms with E-state index in [1.54, 1.807) is 18.4 Å². The molecule has 3 aromatic rings. The molecule has 0 saturated carbocycles. The first kappa shape index (κ1) is 32.1. The molecule has 0 radical (unpaired) electrons. The smallest absolute Gasteiger partial charge is 0.252 e. The highest BCUT2D eigenvalue weighted by Crippen LogP contribution is 2.28. The maximum absolute atomic E-state index is 13.5. The average molecular weight is 579 g/mol. The molecule has 1 aromatic carbocycles. The van der Waals surface area contributed by atoms with Crippen LogP contribution in [0.2, 0.25) is 0 Å². The van der Waals surface area contributed by atoms with Crippen molar-refractivity contribution >= 4 is 34.2 Å². The van der Waals surface area contributed by atoms with Crippen molar-refractivity contribution in [2.75, 3.05) is 13.7 Å². The van der Waals surface area contributed by atoms with Gasteiger partial charge in [0.05, 0.1) is 18.1 Å². The Morgan fingerprint density at radius 1 is 1.15 bits per heavy atom. The number of aromatic nitrogens is 2. The number of hydrogen-bond acceptors (Lipinski definition) is 5. The summed E-state index contributed by atoms with van der Waals surface area (Å²) < 4.78 is 7.84. The van der Waals surface area contributed by atoms with E-state index in [0.29, 0.717) is 24.6 Å². The molecule has 0 bridgehead atoms. The van der Waals surface area contributed by atoms with Gasteiger partial charge in [-0.05, 0) is 61.7 Å². The SMILES string of the molecule is C/C=C\C(CNC(=O)[C@H](CC(C)C)NC(=O)c1ccc2c(c1)nc(Cc1cccs1)n2C(CC)CC)=C(/CC)OC. The molecule has 0 spiro atoms. The largest absolute Gasteiger partial charge is 0.501 e. The molecule has 222 valence electrons. The molecule has 3 rings (SSSR count). The molecule has 41 heavy (non-hydrogen) atoms. The van der Waals surface area contributed by atoms with Gasteiger partial charge < -0.3 is 19.9 Å². The lowest BCUT2D eigenvalue weighted by atomic mass is 10.0. The van der Waals surface area contributed by atoms with E-state index in [4.69, 9.17) is 9.72 Å². The molecule has 0 aliphatic carbocycles. The van der Waals surface area contributed by atoms with Crippen LogP contribution in [-0.4, -0.2) is 41.1 Å². The Kier molecular flexibility index (Phi) is 12.2. The van der Waals surface area contributed by atoms with E-state index in [0.717, 1.165) is 53.9 Å². The molecule has 2 N–H and O–H groups in total. The monoisotopic (exact) mass is 578 g/mol. The number of nitrogens with one attached hydrogen (secondary N) is 2. The van der Waals surface area contributed by atoms with Crippen LogP contribution in [0.5, 0.6) is 0 Å².